The van der Waals surface area contributed by atoms with E-state index in [0.29, 0.717) is 12.1 Å². The number of likely N-dealkylation sites (tertiary alicyclic amines) is 2. The van der Waals surface area contributed by atoms with Crippen LogP contribution in [0, 0.1) is 0 Å². The van der Waals surface area contributed by atoms with Crippen molar-refractivity contribution in [3.05, 3.63) is 48.0 Å². The van der Waals surface area contributed by atoms with Crippen molar-refractivity contribution < 1.29 is 4.79 Å². The number of rotatable bonds is 6. The molecule has 0 unspecified atom stereocenters. The molecule has 1 amide bonds. The Hall–Kier alpha value is -1.95. The Labute approximate surface area is 174 Å². The normalized spacial score (nSPS) is 24.2. The van der Waals surface area contributed by atoms with Crippen molar-refractivity contribution in [2.75, 3.05) is 33.2 Å². The molecule has 29 heavy (non-hydrogen) atoms. The van der Waals surface area contributed by atoms with Crippen molar-refractivity contribution in [1.29, 1.82) is 0 Å². The summed E-state index contributed by atoms with van der Waals surface area (Å²) in [7, 11) is 1.75. The molecule has 0 spiro atoms. The van der Waals surface area contributed by atoms with Gasteiger partial charge in [0.15, 0.2) is 0 Å². The number of nitrogens with zero attached hydrogens (tertiary/aromatic N) is 2. The Morgan fingerprint density at radius 3 is 2.55 bits per heavy atom. The number of likely N-dealkylation sites (N-methyl/N-ethyl adjacent to an activating group) is 1. The molecule has 5 nitrogen and oxygen atoms in total. The molecule has 0 bridgehead atoms. The maximum atomic E-state index is 12.6. The molecule has 2 saturated heterocycles. The molecular formula is C24H34N4O. The minimum Gasteiger partial charge on any atom is -0.358 e. The van der Waals surface area contributed by atoms with E-state index >= 15 is 0 Å². The van der Waals surface area contributed by atoms with E-state index < -0.39 is 0 Å². The molecule has 5 heteroatoms. The Kier molecular flexibility index (Phi) is 6.48. The van der Waals surface area contributed by atoms with Crippen molar-refractivity contribution in [3.63, 3.8) is 0 Å². The molecule has 2 aromatic carbocycles. The van der Waals surface area contributed by atoms with Gasteiger partial charge in [-0.2, -0.15) is 0 Å². The van der Waals surface area contributed by atoms with Crippen LogP contribution in [0.2, 0.25) is 0 Å². The Morgan fingerprint density at radius 2 is 1.83 bits per heavy atom. The molecule has 156 valence electrons. The minimum atomic E-state index is -0.0558. The largest absolute Gasteiger partial charge is 0.358 e. The topological polar surface area (TPSA) is 47.6 Å². The quantitative estimate of drug-likeness (QED) is 0.791. The van der Waals surface area contributed by atoms with Crippen LogP contribution < -0.4 is 10.6 Å². The van der Waals surface area contributed by atoms with Crippen molar-refractivity contribution >= 4 is 16.7 Å². The summed E-state index contributed by atoms with van der Waals surface area (Å²) in [6, 6.07) is 16.0. The summed E-state index contributed by atoms with van der Waals surface area (Å²) in [4.78, 5) is 17.4. The summed E-state index contributed by atoms with van der Waals surface area (Å²) in [5, 5.41) is 9.27. The second kappa shape index (κ2) is 9.24. The number of fused-ring (bicyclic) bond motifs is 1. The molecule has 2 atom stereocenters. The Balaban J connectivity index is 1.42. The van der Waals surface area contributed by atoms with Gasteiger partial charge in [-0.15, -0.1) is 0 Å². The summed E-state index contributed by atoms with van der Waals surface area (Å²) in [6.45, 7) is 7.49. The third kappa shape index (κ3) is 4.80. The van der Waals surface area contributed by atoms with Gasteiger partial charge in [-0.05, 0) is 61.3 Å². The molecule has 2 aliphatic rings. The third-order valence-electron chi connectivity index (χ3n) is 6.66. The number of carbonyl (C=O) groups excluding carboxylic acids is 1. The lowest BCUT2D eigenvalue weighted by Gasteiger charge is -2.33. The summed E-state index contributed by atoms with van der Waals surface area (Å²) >= 11 is 0. The summed E-state index contributed by atoms with van der Waals surface area (Å²) in [6.07, 6.45) is 3.31. The number of carbonyl (C=O) groups is 1. The zero-order valence-corrected chi connectivity index (χ0v) is 17.7. The van der Waals surface area contributed by atoms with Crippen LogP contribution in [0.4, 0.5) is 0 Å². The SMILES string of the molecule is CCN1CCC(N[C@@H]2C[C@@H](C(=O)NC)N(Cc3ccc4ccccc4c3)C2)CC1. The van der Waals surface area contributed by atoms with Crippen LogP contribution in [0.3, 0.4) is 0 Å². The molecule has 2 fully saturated rings. The van der Waals surface area contributed by atoms with Crippen LogP contribution in [0.5, 0.6) is 0 Å². The maximum Gasteiger partial charge on any atom is 0.237 e. The first-order valence-electron chi connectivity index (χ1n) is 11.1. The van der Waals surface area contributed by atoms with Gasteiger partial charge in [-0.25, -0.2) is 0 Å². The number of benzene rings is 2. The number of piperidine rings is 1. The highest BCUT2D eigenvalue weighted by Gasteiger charge is 2.37. The van der Waals surface area contributed by atoms with Crippen LogP contribution in [0.25, 0.3) is 10.8 Å². The van der Waals surface area contributed by atoms with Gasteiger partial charge in [-0.3, -0.25) is 9.69 Å². The minimum absolute atomic E-state index is 0.0558. The van der Waals surface area contributed by atoms with Gasteiger partial charge in [0.2, 0.25) is 5.91 Å². The number of hydrogen-bond donors (Lipinski definition) is 2. The highest BCUT2D eigenvalue weighted by Crippen LogP contribution is 2.24. The van der Waals surface area contributed by atoms with E-state index in [2.05, 4.69) is 69.8 Å². The van der Waals surface area contributed by atoms with Crippen molar-refractivity contribution in [1.82, 2.24) is 20.4 Å². The molecule has 2 aromatic rings. The van der Waals surface area contributed by atoms with E-state index in [9.17, 15) is 4.79 Å². The van der Waals surface area contributed by atoms with E-state index in [1.54, 1.807) is 7.05 Å². The molecule has 4 rings (SSSR count). The average Bonchev–Trinajstić information content (AvgIpc) is 3.15. The second-order valence-electron chi connectivity index (χ2n) is 8.55. The predicted molar refractivity (Wildman–Crippen MR) is 119 cm³/mol. The van der Waals surface area contributed by atoms with Gasteiger partial charge in [0.1, 0.15) is 0 Å². The number of nitrogens with one attached hydrogen (secondary N) is 2. The molecule has 0 aromatic heterocycles. The molecule has 2 N–H and O–H groups in total. The summed E-state index contributed by atoms with van der Waals surface area (Å²) in [5.74, 6) is 0.135. The predicted octanol–water partition coefficient (Wildman–Crippen LogP) is 2.60. The van der Waals surface area contributed by atoms with E-state index in [-0.39, 0.29) is 11.9 Å². The van der Waals surface area contributed by atoms with E-state index in [0.717, 1.165) is 26.1 Å². The molecular weight excluding hydrogens is 360 g/mol. The number of amides is 1. The lowest BCUT2D eigenvalue weighted by Crippen LogP contribution is -2.46. The van der Waals surface area contributed by atoms with Gasteiger partial charge >= 0.3 is 0 Å². The fraction of sp³-hybridized carbons (Fsp3) is 0.542. The molecule has 2 aliphatic heterocycles. The van der Waals surface area contributed by atoms with Crippen molar-refractivity contribution in [2.45, 2.75) is 50.9 Å². The Morgan fingerprint density at radius 1 is 1.07 bits per heavy atom. The summed E-state index contributed by atoms with van der Waals surface area (Å²) in [5.41, 5.74) is 1.27. The fourth-order valence-electron chi connectivity index (χ4n) is 4.96. The lowest BCUT2D eigenvalue weighted by molar-refractivity contribution is -0.125. The van der Waals surface area contributed by atoms with Gasteiger partial charge < -0.3 is 15.5 Å². The molecule has 0 aliphatic carbocycles. The van der Waals surface area contributed by atoms with Gasteiger partial charge in [0.25, 0.3) is 0 Å². The Bertz CT molecular complexity index is 830. The first kappa shape index (κ1) is 20.3. The zero-order valence-electron chi connectivity index (χ0n) is 17.7. The highest BCUT2D eigenvalue weighted by atomic mass is 16.2. The summed E-state index contributed by atoms with van der Waals surface area (Å²) < 4.78 is 0. The lowest BCUT2D eigenvalue weighted by atomic mass is 10.0. The highest BCUT2D eigenvalue weighted by molar-refractivity contribution is 5.83. The van der Waals surface area contributed by atoms with Crippen LogP contribution in [-0.4, -0.2) is 67.1 Å². The molecule has 0 radical (unpaired) electrons. The maximum absolute atomic E-state index is 12.6. The fourth-order valence-corrected chi connectivity index (χ4v) is 4.96. The standard InChI is InChI=1S/C24H34N4O/c1-3-27-12-10-21(11-13-27)26-22-15-23(24(29)25-2)28(17-22)16-18-8-9-19-6-4-5-7-20(19)14-18/h4-9,14,21-23,26H,3,10-13,15-17H2,1-2H3,(H,25,29)/t22-,23+/m1/s1. The van der Waals surface area contributed by atoms with E-state index in [1.165, 1.54) is 42.3 Å². The van der Waals surface area contributed by atoms with Gasteiger partial charge in [0, 0.05) is 32.2 Å². The third-order valence-corrected chi connectivity index (χ3v) is 6.66. The van der Waals surface area contributed by atoms with Gasteiger partial charge in [0.05, 0.1) is 6.04 Å². The number of hydrogen-bond acceptors (Lipinski definition) is 4. The van der Waals surface area contributed by atoms with Crippen LogP contribution >= 0.6 is 0 Å². The second-order valence-corrected chi connectivity index (χ2v) is 8.55. The van der Waals surface area contributed by atoms with Gasteiger partial charge in [-0.1, -0.05) is 43.3 Å². The van der Waals surface area contributed by atoms with Crippen molar-refractivity contribution in [2.24, 2.45) is 0 Å². The van der Waals surface area contributed by atoms with E-state index in [4.69, 9.17) is 0 Å². The molecule has 2 heterocycles. The monoisotopic (exact) mass is 394 g/mol. The first-order chi connectivity index (χ1) is 14.2. The smallest absolute Gasteiger partial charge is 0.237 e. The van der Waals surface area contributed by atoms with Crippen LogP contribution in [0.1, 0.15) is 31.7 Å². The first-order valence-corrected chi connectivity index (χ1v) is 11.1. The molecule has 0 saturated carbocycles. The van der Waals surface area contributed by atoms with Crippen LogP contribution in [-0.2, 0) is 11.3 Å². The zero-order chi connectivity index (χ0) is 20.2. The van der Waals surface area contributed by atoms with Crippen LogP contribution in [0.15, 0.2) is 42.5 Å². The van der Waals surface area contributed by atoms with E-state index in [1.807, 2.05) is 0 Å². The van der Waals surface area contributed by atoms with Crippen molar-refractivity contribution in [3.8, 4) is 0 Å². The average molecular weight is 395 g/mol.